The molecule has 0 saturated heterocycles. The molecule has 0 amide bonds. The normalized spacial score (nSPS) is 12.9. The van der Waals surface area contributed by atoms with Crippen LogP contribution in [0.4, 0.5) is 0 Å². The van der Waals surface area contributed by atoms with Crippen molar-refractivity contribution >= 4 is 0 Å². The van der Waals surface area contributed by atoms with Crippen LogP contribution in [-0.4, -0.2) is 20.2 Å². The lowest BCUT2D eigenvalue weighted by molar-refractivity contribution is 0.0500. The molecular weight excluding hydrogens is 222 g/mol. The third-order valence-corrected chi connectivity index (χ3v) is 3.08. The fraction of sp³-hybridized carbons (Fsp3) is 0.625. The van der Waals surface area contributed by atoms with Crippen LogP contribution in [0, 0.1) is 12.8 Å². The van der Waals surface area contributed by atoms with E-state index < -0.39 is 0 Å². The minimum atomic E-state index is 0.169. The molecule has 0 aromatic heterocycles. The van der Waals surface area contributed by atoms with Gasteiger partial charge in [0, 0.05) is 13.2 Å². The molecule has 1 N–H and O–H groups in total. The Labute approximate surface area is 112 Å². The molecular formula is C16H27NO. The van der Waals surface area contributed by atoms with Crippen LogP contribution in [0.25, 0.3) is 0 Å². The number of hydrogen-bond acceptors (Lipinski definition) is 2. The molecule has 2 nitrogen and oxygen atoms in total. The van der Waals surface area contributed by atoms with Crippen molar-refractivity contribution in [1.29, 1.82) is 0 Å². The molecule has 0 saturated carbocycles. The Morgan fingerprint density at radius 3 is 2.39 bits per heavy atom. The molecule has 0 bridgehead atoms. The molecule has 18 heavy (non-hydrogen) atoms. The third kappa shape index (κ3) is 5.65. The van der Waals surface area contributed by atoms with Gasteiger partial charge in [-0.2, -0.15) is 0 Å². The number of nitrogens with one attached hydrogen (secondary N) is 1. The second-order valence-corrected chi connectivity index (χ2v) is 5.36. The van der Waals surface area contributed by atoms with Gasteiger partial charge in [0.1, 0.15) is 0 Å². The molecule has 0 fully saturated rings. The van der Waals surface area contributed by atoms with Crippen molar-refractivity contribution in [2.45, 2.75) is 39.7 Å². The van der Waals surface area contributed by atoms with Crippen LogP contribution < -0.4 is 5.32 Å². The summed E-state index contributed by atoms with van der Waals surface area (Å²) in [5.41, 5.74) is 2.56. The second-order valence-electron chi connectivity index (χ2n) is 5.36. The highest BCUT2D eigenvalue weighted by atomic mass is 16.5. The number of ether oxygens (including phenoxy) is 1. The molecule has 0 spiro atoms. The summed E-state index contributed by atoms with van der Waals surface area (Å²) in [6.45, 7) is 8.33. The summed E-state index contributed by atoms with van der Waals surface area (Å²) in [7, 11) is 1.97. The summed E-state index contributed by atoms with van der Waals surface area (Å²) in [4.78, 5) is 0. The first-order chi connectivity index (χ1) is 8.63. The second kappa shape index (κ2) is 8.28. The van der Waals surface area contributed by atoms with E-state index in [4.69, 9.17) is 4.74 Å². The lowest BCUT2D eigenvalue weighted by Gasteiger charge is -2.18. The van der Waals surface area contributed by atoms with E-state index in [0.29, 0.717) is 0 Å². The van der Waals surface area contributed by atoms with Gasteiger partial charge in [0.05, 0.1) is 6.10 Å². The standard InChI is InChI=1S/C16H27NO/c1-13(2)6-5-11-18-16(12-17-4)15-9-7-14(3)8-10-15/h7-10,13,16-17H,5-6,11-12H2,1-4H3. The molecule has 0 aliphatic rings. The third-order valence-electron chi connectivity index (χ3n) is 3.08. The highest BCUT2D eigenvalue weighted by Crippen LogP contribution is 2.18. The number of likely N-dealkylation sites (N-methyl/N-ethyl adjacent to an activating group) is 1. The Morgan fingerprint density at radius 2 is 1.83 bits per heavy atom. The lowest BCUT2D eigenvalue weighted by atomic mass is 10.1. The number of hydrogen-bond donors (Lipinski definition) is 1. The van der Waals surface area contributed by atoms with E-state index in [1.54, 1.807) is 0 Å². The summed E-state index contributed by atoms with van der Waals surface area (Å²) in [6.07, 6.45) is 2.55. The molecule has 0 aliphatic carbocycles. The molecule has 0 aliphatic heterocycles. The summed E-state index contributed by atoms with van der Waals surface area (Å²) in [5.74, 6) is 0.760. The van der Waals surface area contributed by atoms with E-state index in [1.165, 1.54) is 17.5 Å². The molecule has 102 valence electrons. The van der Waals surface area contributed by atoms with Crippen molar-refractivity contribution in [1.82, 2.24) is 5.32 Å². The first-order valence-corrected chi connectivity index (χ1v) is 6.96. The average molecular weight is 249 g/mol. The molecule has 1 aromatic rings. The highest BCUT2D eigenvalue weighted by Gasteiger charge is 2.10. The van der Waals surface area contributed by atoms with Crippen LogP contribution in [0.2, 0.25) is 0 Å². The molecule has 0 radical (unpaired) electrons. The largest absolute Gasteiger partial charge is 0.372 e. The van der Waals surface area contributed by atoms with E-state index in [-0.39, 0.29) is 6.10 Å². The van der Waals surface area contributed by atoms with Gasteiger partial charge in [-0.25, -0.2) is 0 Å². The molecule has 1 unspecified atom stereocenters. The minimum absolute atomic E-state index is 0.169. The van der Waals surface area contributed by atoms with Gasteiger partial charge < -0.3 is 10.1 Å². The summed E-state index contributed by atoms with van der Waals surface area (Å²) in [6, 6.07) is 8.63. The van der Waals surface area contributed by atoms with Crippen LogP contribution in [0.3, 0.4) is 0 Å². The van der Waals surface area contributed by atoms with Crippen LogP contribution in [0.5, 0.6) is 0 Å². The highest BCUT2D eigenvalue weighted by molar-refractivity contribution is 5.23. The number of rotatable bonds is 8. The van der Waals surface area contributed by atoms with Gasteiger partial charge in [0.15, 0.2) is 0 Å². The summed E-state index contributed by atoms with van der Waals surface area (Å²) in [5, 5.41) is 3.21. The molecule has 1 atom stereocenters. The molecule has 2 heteroatoms. The van der Waals surface area contributed by atoms with E-state index in [9.17, 15) is 0 Å². The Morgan fingerprint density at radius 1 is 1.17 bits per heavy atom. The SMILES string of the molecule is CNCC(OCCCC(C)C)c1ccc(C)cc1. The van der Waals surface area contributed by atoms with E-state index in [2.05, 4.69) is 50.4 Å². The maximum absolute atomic E-state index is 6.00. The van der Waals surface area contributed by atoms with Gasteiger partial charge in [-0.05, 0) is 38.3 Å². The van der Waals surface area contributed by atoms with Crippen molar-refractivity contribution in [2.24, 2.45) is 5.92 Å². The van der Waals surface area contributed by atoms with Gasteiger partial charge in [0.25, 0.3) is 0 Å². The Bertz CT molecular complexity index is 318. The first-order valence-electron chi connectivity index (χ1n) is 6.96. The van der Waals surface area contributed by atoms with E-state index in [1.807, 2.05) is 7.05 Å². The van der Waals surface area contributed by atoms with E-state index in [0.717, 1.165) is 25.5 Å². The Kier molecular flexibility index (Phi) is 6.99. The lowest BCUT2D eigenvalue weighted by Crippen LogP contribution is -2.20. The van der Waals surface area contributed by atoms with Crippen LogP contribution >= 0.6 is 0 Å². The zero-order chi connectivity index (χ0) is 13.4. The van der Waals surface area contributed by atoms with Crippen molar-refractivity contribution in [3.63, 3.8) is 0 Å². The zero-order valence-electron chi connectivity index (χ0n) is 12.2. The van der Waals surface area contributed by atoms with Crippen molar-refractivity contribution in [2.75, 3.05) is 20.2 Å². The fourth-order valence-electron chi connectivity index (χ4n) is 1.96. The number of benzene rings is 1. The minimum Gasteiger partial charge on any atom is -0.372 e. The summed E-state index contributed by atoms with van der Waals surface area (Å²) >= 11 is 0. The molecule has 1 rings (SSSR count). The van der Waals surface area contributed by atoms with Gasteiger partial charge in [-0.3, -0.25) is 0 Å². The van der Waals surface area contributed by atoms with Crippen LogP contribution in [0.1, 0.15) is 43.9 Å². The monoisotopic (exact) mass is 249 g/mol. The Hall–Kier alpha value is -0.860. The predicted octanol–water partition coefficient (Wildman–Crippen LogP) is 3.71. The Balaban J connectivity index is 2.46. The number of aryl methyl sites for hydroxylation is 1. The van der Waals surface area contributed by atoms with Gasteiger partial charge in [-0.15, -0.1) is 0 Å². The van der Waals surface area contributed by atoms with Gasteiger partial charge >= 0.3 is 0 Å². The molecule has 1 aromatic carbocycles. The average Bonchev–Trinajstić information content (AvgIpc) is 2.34. The fourth-order valence-corrected chi connectivity index (χ4v) is 1.96. The van der Waals surface area contributed by atoms with Crippen molar-refractivity contribution < 1.29 is 4.74 Å². The van der Waals surface area contributed by atoms with Gasteiger partial charge in [0.2, 0.25) is 0 Å². The smallest absolute Gasteiger partial charge is 0.0949 e. The topological polar surface area (TPSA) is 21.3 Å². The first kappa shape index (κ1) is 15.2. The zero-order valence-corrected chi connectivity index (χ0v) is 12.2. The van der Waals surface area contributed by atoms with E-state index >= 15 is 0 Å². The van der Waals surface area contributed by atoms with Crippen molar-refractivity contribution in [3.05, 3.63) is 35.4 Å². The quantitative estimate of drug-likeness (QED) is 0.709. The van der Waals surface area contributed by atoms with Crippen molar-refractivity contribution in [3.8, 4) is 0 Å². The molecule has 0 heterocycles. The predicted molar refractivity (Wildman–Crippen MR) is 77.9 cm³/mol. The maximum Gasteiger partial charge on any atom is 0.0949 e. The summed E-state index contributed by atoms with van der Waals surface area (Å²) < 4.78 is 6.00. The maximum atomic E-state index is 6.00. The van der Waals surface area contributed by atoms with Crippen LogP contribution in [0.15, 0.2) is 24.3 Å². The van der Waals surface area contributed by atoms with Crippen LogP contribution in [-0.2, 0) is 4.74 Å². The van der Waals surface area contributed by atoms with Gasteiger partial charge in [-0.1, -0.05) is 43.7 Å².